The normalized spacial score (nSPS) is 13.8. The molecule has 1 aliphatic heterocycles. The van der Waals surface area contributed by atoms with Gasteiger partial charge in [0.25, 0.3) is 0 Å². The Kier molecular flexibility index (Phi) is 5.76. The van der Waals surface area contributed by atoms with E-state index in [2.05, 4.69) is 10.3 Å². The number of imide groups is 1. The highest BCUT2D eigenvalue weighted by atomic mass is 32.1. The number of hydrogen-bond donors (Lipinski definition) is 1. The van der Waals surface area contributed by atoms with E-state index >= 15 is 0 Å². The number of benzene rings is 2. The third-order valence-corrected chi connectivity index (χ3v) is 5.87. The van der Waals surface area contributed by atoms with Crippen LogP contribution in [0.5, 0.6) is 0 Å². The van der Waals surface area contributed by atoms with Gasteiger partial charge in [-0.15, -0.1) is 0 Å². The smallest absolute Gasteiger partial charge is 0.320 e. The highest BCUT2D eigenvalue weighted by molar-refractivity contribution is 7.22. The minimum Gasteiger partial charge on any atom is -0.320 e. The van der Waals surface area contributed by atoms with Gasteiger partial charge in [0, 0.05) is 31.6 Å². The van der Waals surface area contributed by atoms with Crippen molar-refractivity contribution >= 4 is 50.2 Å². The van der Waals surface area contributed by atoms with E-state index in [4.69, 9.17) is 0 Å². The van der Waals surface area contributed by atoms with Gasteiger partial charge in [0.1, 0.15) is 0 Å². The molecule has 1 saturated heterocycles. The SMILES string of the molecule is CCCN(Cc1ccccc1)C(=O)Nc1ccc2nc(N3C(=O)CCC3=O)sc2c1. The Balaban J connectivity index is 1.51. The summed E-state index contributed by atoms with van der Waals surface area (Å²) in [5, 5.41) is 3.34. The molecule has 2 aromatic carbocycles. The minimum absolute atomic E-state index is 0.172. The third-order valence-electron chi connectivity index (χ3n) is 4.87. The summed E-state index contributed by atoms with van der Waals surface area (Å²) in [5.41, 5.74) is 2.41. The highest BCUT2D eigenvalue weighted by Gasteiger charge is 2.32. The van der Waals surface area contributed by atoms with Gasteiger partial charge in [-0.1, -0.05) is 48.6 Å². The van der Waals surface area contributed by atoms with Crippen LogP contribution in [0, 0.1) is 0 Å². The van der Waals surface area contributed by atoms with Gasteiger partial charge in [-0.05, 0) is 30.2 Å². The molecule has 0 saturated carbocycles. The zero-order valence-corrected chi connectivity index (χ0v) is 17.4. The summed E-state index contributed by atoms with van der Waals surface area (Å²) in [7, 11) is 0. The molecule has 0 atom stereocenters. The summed E-state index contributed by atoms with van der Waals surface area (Å²) in [6.07, 6.45) is 1.31. The lowest BCUT2D eigenvalue weighted by molar-refractivity contribution is -0.121. The second kappa shape index (κ2) is 8.62. The number of fused-ring (bicyclic) bond motifs is 1. The first-order valence-electron chi connectivity index (χ1n) is 9.91. The number of amides is 4. The number of carbonyl (C=O) groups excluding carboxylic acids is 3. The molecule has 0 unspecified atom stereocenters. The summed E-state index contributed by atoms with van der Waals surface area (Å²) in [5.74, 6) is -0.438. The predicted molar refractivity (Wildman–Crippen MR) is 118 cm³/mol. The molecule has 8 heteroatoms. The largest absolute Gasteiger partial charge is 0.322 e. The fourth-order valence-corrected chi connectivity index (χ4v) is 4.44. The standard InChI is InChI=1S/C22H22N4O3S/c1-2-12-25(14-15-6-4-3-5-7-15)21(29)23-16-8-9-17-18(13-16)30-22(24-17)26-19(27)10-11-20(26)28/h3-9,13H,2,10-12,14H2,1H3,(H,23,29). The van der Waals surface area contributed by atoms with Gasteiger partial charge in [0.15, 0.2) is 5.13 Å². The van der Waals surface area contributed by atoms with Crippen molar-refractivity contribution in [2.75, 3.05) is 16.8 Å². The molecular formula is C22H22N4O3S. The van der Waals surface area contributed by atoms with Crippen LogP contribution in [-0.2, 0) is 16.1 Å². The molecule has 4 rings (SSSR count). The highest BCUT2D eigenvalue weighted by Crippen LogP contribution is 2.33. The van der Waals surface area contributed by atoms with Crippen molar-refractivity contribution in [3.05, 3.63) is 54.1 Å². The van der Waals surface area contributed by atoms with Crippen LogP contribution in [-0.4, -0.2) is 34.3 Å². The van der Waals surface area contributed by atoms with Crippen molar-refractivity contribution < 1.29 is 14.4 Å². The Morgan fingerprint density at radius 1 is 1.13 bits per heavy atom. The molecule has 0 radical (unpaired) electrons. The van der Waals surface area contributed by atoms with Gasteiger partial charge in [0.05, 0.1) is 10.2 Å². The Hall–Kier alpha value is -3.26. The van der Waals surface area contributed by atoms with Gasteiger partial charge in [-0.3, -0.25) is 9.59 Å². The number of anilines is 2. The van der Waals surface area contributed by atoms with Crippen LogP contribution in [0.4, 0.5) is 15.6 Å². The van der Waals surface area contributed by atoms with Crippen molar-refractivity contribution in [2.24, 2.45) is 0 Å². The maximum Gasteiger partial charge on any atom is 0.322 e. The molecule has 1 N–H and O–H groups in total. The Labute approximate surface area is 178 Å². The van der Waals surface area contributed by atoms with Crippen LogP contribution < -0.4 is 10.2 Å². The van der Waals surface area contributed by atoms with Gasteiger partial charge in [0.2, 0.25) is 11.8 Å². The molecule has 0 spiro atoms. The lowest BCUT2D eigenvalue weighted by atomic mass is 10.2. The summed E-state index contributed by atoms with van der Waals surface area (Å²) in [6, 6.07) is 15.1. The summed E-state index contributed by atoms with van der Waals surface area (Å²) in [6.45, 7) is 3.22. The van der Waals surface area contributed by atoms with Crippen molar-refractivity contribution in [3.8, 4) is 0 Å². The Morgan fingerprint density at radius 2 is 1.87 bits per heavy atom. The van der Waals surface area contributed by atoms with E-state index in [0.29, 0.717) is 29.4 Å². The van der Waals surface area contributed by atoms with E-state index < -0.39 is 0 Å². The van der Waals surface area contributed by atoms with Crippen LogP contribution in [0.3, 0.4) is 0 Å². The molecule has 154 valence electrons. The molecule has 7 nitrogen and oxygen atoms in total. The molecule has 2 heterocycles. The number of thiazole rings is 1. The van der Waals surface area contributed by atoms with Gasteiger partial charge >= 0.3 is 6.03 Å². The number of urea groups is 1. The molecule has 1 aromatic heterocycles. The van der Waals surface area contributed by atoms with E-state index in [1.165, 1.54) is 11.3 Å². The fraction of sp³-hybridized carbons (Fsp3) is 0.273. The molecule has 1 aliphatic rings. The second-order valence-corrected chi connectivity index (χ2v) is 8.15. The Morgan fingerprint density at radius 3 is 2.57 bits per heavy atom. The quantitative estimate of drug-likeness (QED) is 0.597. The topological polar surface area (TPSA) is 82.6 Å². The van der Waals surface area contributed by atoms with E-state index in [1.807, 2.05) is 43.3 Å². The maximum absolute atomic E-state index is 12.8. The van der Waals surface area contributed by atoms with E-state index in [-0.39, 0.29) is 30.7 Å². The molecule has 0 aliphatic carbocycles. The fourth-order valence-electron chi connectivity index (χ4n) is 3.40. The number of hydrogen-bond acceptors (Lipinski definition) is 5. The first kappa shape index (κ1) is 20.0. The first-order valence-corrected chi connectivity index (χ1v) is 10.7. The molecule has 4 amide bonds. The van der Waals surface area contributed by atoms with Gasteiger partial charge in [-0.25, -0.2) is 14.7 Å². The first-order chi connectivity index (χ1) is 14.5. The predicted octanol–water partition coefficient (Wildman–Crippen LogP) is 4.39. The molecular weight excluding hydrogens is 400 g/mol. The average molecular weight is 423 g/mol. The van der Waals surface area contributed by atoms with Crippen molar-refractivity contribution in [2.45, 2.75) is 32.7 Å². The third kappa shape index (κ3) is 4.18. The van der Waals surface area contributed by atoms with Crippen LogP contribution in [0.2, 0.25) is 0 Å². The number of carbonyl (C=O) groups is 3. The summed E-state index contributed by atoms with van der Waals surface area (Å²) >= 11 is 1.27. The number of nitrogens with one attached hydrogen (secondary N) is 1. The molecule has 1 fully saturated rings. The lowest BCUT2D eigenvalue weighted by Gasteiger charge is -2.22. The van der Waals surface area contributed by atoms with Crippen LogP contribution in [0.15, 0.2) is 48.5 Å². The van der Waals surface area contributed by atoms with Gasteiger partial charge in [-0.2, -0.15) is 0 Å². The maximum atomic E-state index is 12.8. The number of nitrogens with zero attached hydrogens (tertiary/aromatic N) is 3. The minimum atomic E-state index is -0.219. The number of rotatable bonds is 6. The molecule has 3 aromatic rings. The van der Waals surface area contributed by atoms with E-state index in [0.717, 1.165) is 21.6 Å². The lowest BCUT2D eigenvalue weighted by Crippen LogP contribution is -2.35. The van der Waals surface area contributed by atoms with Gasteiger partial charge < -0.3 is 10.2 Å². The molecule has 30 heavy (non-hydrogen) atoms. The van der Waals surface area contributed by atoms with Crippen molar-refractivity contribution in [1.29, 1.82) is 0 Å². The van der Waals surface area contributed by atoms with E-state index in [9.17, 15) is 14.4 Å². The Bertz CT molecular complexity index is 1080. The second-order valence-electron chi connectivity index (χ2n) is 7.14. The average Bonchev–Trinajstić information content (AvgIpc) is 3.30. The number of aromatic nitrogens is 1. The summed E-state index contributed by atoms with van der Waals surface area (Å²) in [4.78, 5) is 44.1. The van der Waals surface area contributed by atoms with Crippen LogP contribution >= 0.6 is 11.3 Å². The zero-order chi connectivity index (χ0) is 21.1. The zero-order valence-electron chi connectivity index (χ0n) is 16.6. The molecule has 0 bridgehead atoms. The van der Waals surface area contributed by atoms with Crippen molar-refractivity contribution in [3.63, 3.8) is 0 Å². The van der Waals surface area contributed by atoms with Crippen LogP contribution in [0.25, 0.3) is 10.2 Å². The van der Waals surface area contributed by atoms with Crippen molar-refractivity contribution in [1.82, 2.24) is 9.88 Å². The monoisotopic (exact) mass is 422 g/mol. The van der Waals surface area contributed by atoms with Crippen LogP contribution in [0.1, 0.15) is 31.7 Å². The summed E-state index contributed by atoms with van der Waals surface area (Å²) < 4.78 is 0.806. The van der Waals surface area contributed by atoms with E-state index in [1.54, 1.807) is 17.0 Å².